The van der Waals surface area contributed by atoms with Crippen LogP contribution in [0.3, 0.4) is 0 Å². The normalized spacial score (nSPS) is 13.6. The Morgan fingerprint density at radius 2 is 1.76 bits per heavy atom. The summed E-state index contributed by atoms with van der Waals surface area (Å²) in [5.74, 6) is -2.70. The van der Waals surface area contributed by atoms with Crippen molar-refractivity contribution in [3.63, 3.8) is 0 Å². The van der Waals surface area contributed by atoms with E-state index in [4.69, 9.17) is 10.2 Å². The van der Waals surface area contributed by atoms with Crippen LogP contribution in [-0.4, -0.2) is 96.3 Å². The van der Waals surface area contributed by atoms with Crippen LogP contribution in [0.5, 0.6) is 0 Å². The second-order valence-electron chi connectivity index (χ2n) is 5.06. The molecule has 0 bridgehead atoms. The predicted octanol–water partition coefficient (Wildman–Crippen LogP) is -2.59. The van der Waals surface area contributed by atoms with Crippen LogP contribution in [0.25, 0.3) is 0 Å². The molecule has 2 atom stereocenters. The number of amides is 1. The Balaban J connectivity index is 0. The number of carbonyl (C=O) groups excluding carboxylic acids is 3. The molecule has 8 nitrogen and oxygen atoms in total. The second-order valence-corrected chi connectivity index (χ2v) is 5.06. The number of ether oxygens (including phenoxy) is 1. The van der Waals surface area contributed by atoms with Crippen molar-refractivity contribution in [3.05, 3.63) is 0 Å². The number of aliphatic hydroxyl groups excluding tert-OH is 3. The zero-order valence-corrected chi connectivity index (χ0v) is 11.8. The van der Waals surface area contributed by atoms with Crippen LogP contribution in [-0.2, 0) is 19.1 Å². The maximum absolute atomic E-state index is 11.5. The van der Waals surface area contributed by atoms with E-state index in [9.17, 15) is 19.5 Å². The van der Waals surface area contributed by atoms with Gasteiger partial charge in [0.15, 0.2) is 0 Å². The van der Waals surface area contributed by atoms with Crippen LogP contribution in [0.2, 0.25) is 0 Å². The van der Waals surface area contributed by atoms with Gasteiger partial charge in [-0.1, -0.05) is 13.8 Å². The van der Waals surface area contributed by atoms with Crippen molar-refractivity contribution in [1.29, 1.82) is 0 Å². The Labute approximate surface area is 152 Å². The summed E-state index contributed by atoms with van der Waals surface area (Å²) in [6.07, 6.45) is -3.11. The van der Waals surface area contributed by atoms with Crippen molar-refractivity contribution in [3.8, 4) is 0 Å². The summed E-state index contributed by atoms with van der Waals surface area (Å²) in [5, 5.41) is 29.8. The molecule has 0 saturated carbocycles. The van der Waals surface area contributed by atoms with Crippen molar-refractivity contribution in [2.45, 2.75) is 39.4 Å². The molecule has 0 rings (SSSR count). The number of hydrogen-bond acceptors (Lipinski definition) is 7. The van der Waals surface area contributed by atoms with E-state index in [0.29, 0.717) is 0 Å². The molecule has 21 heavy (non-hydrogen) atoms. The van der Waals surface area contributed by atoms with Crippen molar-refractivity contribution < 1.29 is 34.4 Å². The average molecular weight is 333 g/mol. The summed E-state index contributed by atoms with van der Waals surface area (Å²) >= 11 is 0. The summed E-state index contributed by atoms with van der Waals surface area (Å²) in [7, 11) is 0. The van der Waals surface area contributed by atoms with Crippen molar-refractivity contribution in [2.75, 3.05) is 13.2 Å². The Kier molecular flexibility index (Phi) is 11.5. The van der Waals surface area contributed by atoms with Crippen LogP contribution in [0.4, 0.5) is 0 Å². The molecular formula is C12H23CaNO7. The summed E-state index contributed by atoms with van der Waals surface area (Å²) in [5.41, 5.74) is -1.01. The summed E-state index contributed by atoms with van der Waals surface area (Å²) in [6, 6.07) is 0. The fourth-order valence-corrected chi connectivity index (χ4v) is 1.07. The van der Waals surface area contributed by atoms with E-state index in [-0.39, 0.29) is 57.3 Å². The van der Waals surface area contributed by atoms with E-state index in [2.05, 4.69) is 10.1 Å². The molecule has 120 valence electrons. The molecule has 0 fully saturated rings. The molecule has 1 amide bonds. The third kappa shape index (κ3) is 8.70. The quantitative estimate of drug-likeness (QED) is 0.228. The van der Waals surface area contributed by atoms with Gasteiger partial charge < -0.3 is 25.4 Å². The van der Waals surface area contributed by atoms with Gasteiger partial charge in [0.05, 0.1) is 13.0 Å². The van der Waals surface area contributed by atoms with Gasteiger partial charge in [-0.05, 0) is 6.92 Å². The standard InChI is InChI=1S/C12H21NO7.Ca.2H/c1-7(15)11(19)20-8(16)4-5-13-10(18)9(17)12(2,3)6-14;;;/h7,9,14-15,17H,4-6H2,1-3H3,(H,13,18);;;/t7?,9-;;;/m0.../s1. The van der Waals surface area contributed by atoms with Gasteiger partial charge in [0.25, 0.3) is 0 Å². The van der Waals surface area contributed by atoms with Gasteiger partial charge in [0, 0.05) is 12.0 Å². The van der Waals surface area contributed by atoms with Crippen LogP contribution < -0.4 is 5.32 Å². The first-order valence-electron chi connectivity index (χ1n) is 6.11. The van der Waals surface area contributed by atoms with Gasteiger partial charge in [-0.25, -0.2) is 4.79 Å². The van der Waals surface area contributed by atoms with Crippen molar-refractivity contribution in [1.82, 2.24) is 5.32 Å². The van der Waals surface area contributed by atoms with Gasteiger partial charge in [-0.15, -0.1) is 0 Å². The fourth-order valence-electron chi connectivity index (χ4n) is 1.07. The van der Waals surface area contributed by atoms with E-state index in [1.54, 1.807) is 0 Å². The first-order chi connectivity index (χ1) is 9.11. The Morgan fingerprint density at radius 1 is 1.24 bits per heavy atom. The number of esters is 2. The summed E-state index contributed by atoms with van der Waals surface area (Å²) in [6.45, 7) is 3.65. The molecule has 0 aliphatic carbocycles. The number of rotatable bonds is 7. The third-order valence-corrected chi connectivity index (χ3v) is 2.58. The number of nitrogens with one attached hydrogen (secondary N) is 1. The molecule has 0 aliphatic rings. The van der Waals surface area contributed by atoms with Crippen LogP contribution in [0.1, 0.15) is 27.2 Å². The first kappa shape index (κ1) is 23.0. The van der Waals surface area contributed by atoms with Crippen LogP contribution in [0.15, 0.2) is 0 Å². The molecule has 1 unspecified atom stereocenters. The minimum atomic E-state index is -1.43. The summed E-state index contributed by atoms with van der Waals surface area (Å²) in [4.78, 5) is 33.6. The molecule has 0 aromatic heterocycles. The van der Waals surface area contributed by atoms with E-state index < -0.39 is 35.5 Å². The predicted molar refractivity (Wildman–Crippen MR) is 75.8 cm³/mol. The number of hydrogen-bond donors (Lipinski definition) is 4. The first-order valence-corrected chi connectivity index (χ1v) is 6.11. The molecule has 0 heterocycles. The third-order valence-electron chi connectivity index (χ3n) is 2.58. The fraction of sp³-hybridized carbons (Fsp3) is 0.750. The molecule has 9 heteroatoms. The van der Waals surface area contributed by atoms with Crippen molar-refractivity contribution in [2.24, 2.45) is 5.41 Å². The summed E-state index contributed by atoms with van der Waals surface area (Å²) < 4.78 is 4.26. The topological polar surface area (TPSA) is 133 Å². The average Bonchev–Trinajstić information content (AvgIpc) is 2.37. The Hall–Kier alpha value is -0.250. The van der Waals surface area contributed by atoms with Gasteiger partial charge in [-0.2, -0.15) is 0 Å². The monoisotopic (exact) mass is 333 g/mol. The Bertz CT molecular complexity index is 371. The zero-order valence-electron chi connectivity index (χ0n) is 11.8. The van der Waals surface area contributed by atoms with Gasteiger partial charge >= 0.3 is 49.7 Å². The molecule has 0 spiro atoms. The van der Waals surface area contributed by atoms with E-state index in [1.165, 1.54) is 13.8 Å². The molecule has 0 radical (unpaired) electrons. The SMILES string of the molecule is CC(O)C(=O)OC(=O)CCNC(=O)[C@H](O)C(C)(C)CO.[CaH2]. The Morgan fingerprint density at radius 3 is 2.19 bits per heavy atom. The maximum atomic E-state index is 11.5. The molecule has 0 saturated heterocycles. The van der Waals surface area contributed by atoms with Crippen LogP contribution >= 0.6 is 0 Å². The van der Waals surface area contributed by atoms with Gasteiger partial charge in [-0.3, -0.25) is 9.59 Å². The van der Waals surface area contributed by atoms with E-state index in [1.807, 2.05) is 0 Å². The minimum absolute atomic E-state index is 0. The second kappa shape index (κ2) is 10.5. The van der Waals surface area contributed by atoms with Gasteiger partial charge in [0.2, 0.25) is 5.91 Å². The van der Waals surface area contributed by atoms with E-state index in [0.717, 1.165) is 6.92 Å². The van der Waals surface area contributed by atoms with Gasteiger partial charge in [0.1, 0.15) is 12.2 Å². The molecule has 0 aromatic rings. The molecule has 4 N–H and O–H groups in total. The molecule has 0 aliphatic heterocycles. The zero-order chi connectivity index (χ0) is 15.9. The number of carbonyl (C=O) groups is 3. The van der Waals surface area contributed by atoms with E-state index >= 15 is 0 Å². The number of aliphatic hydroxyl groups is 3. The molecular weight excluding hydrogens is 310 g/mol. The van der Waals surface area contributed by atoms with Crippen LogP contribution in [0, 0.1) is 5.41 Å². The van der Waals surface area contributed by atoms with Crippen molar-refractivity contribution >= 4 is 55.6 Å². The molecule has 0 aromatic carbocycles.